The topological polar surface area (TPSA) is 96.7 Å². The number of rotatable bonds is 11. The van der Waals surface area contributed by atoms with Gasteiger partial charge in [-0.05, 0) is 48.6 Å². The summed E-state index contributed by atoms with van der Waals surface area (Å²) < 4.78 is 5.88. The molecule has 3 aromatic rings. The maximum Gasteiger partial charge on any atom is 0.261 e. The van der Waals surface area contributed by atoms with Gasteiger partial charge in [-0.25, -0.2) is 0 Å². The molecular weight excluding hydrogens is 500 g/mol. The molecule has 0 bridgehead atoms. The summed E-state index contributed by atoms with van der Waals surface area (Å²) in [4.78, 5) is 28.9. The Hall–Kier alpha value is -3.68. The molecule has 7 nitrogen and oxygen atoms in total. The van der Waals surface area contributed by atoms with Crippen LogP contribution >= 0.6 is 0 Å². The largest absolute Gasteiger partial charge is 0.480 e. The highest BCUT2D eigenvalue weighted by Gasteiger charge is 2.34. The van der Waals surface area contributed by atoms with Crippen molar-refractivity contribution in [1.29, 1.82) is 0 Å². The number of benzene rings is 3. The molecule has 1 fully saturated rings. The highest BCUT2D eigenvalue weighted by Crippen LogP contribution is 2.29. The average Bonchev–Trinajstić information content (AvgIpc) is 3.38. The molecule has 210 valence electrons. The van der Waals surface area contributed by atoms with E-state index in [9.17, 15) is 9.59 Å². The second kappa shape index (κ2) is 13.6. The van der Waals surface area contributed by atoms with Crippen molar-refractivity contribution in [2.45, 2.75) is 56.2 Å². The molecule has 3 aromatic carbocycles. The molecular formula is C33H40N4O3. The van der Waals surface area contributed by atoms with Gasteiger partial charge in [-0.3, -0.25) is 9.59 Å². The van der Waals surface area contributed by atoms with Crippen LogP contribution in [0.2, 0.25) is 0 Å². The van der Waals surface area contributed by atoms with Gasteiger partial charge >= 0.3 is 0 Å². The first-order valence-corrected chi connectivity index (χ1v) is 14.5. The lowest BCUT2D eigenvalue weighted by atomic mass is 9.90. The minimum absolute atomic E-state index is 0.0172. The number of hydrogen-bond donors (Lipinski definition) is 3. The number of ether oxygens (including phenoxy) is 1. The third kappa shape index (κ3) is 6.90. The summed E-state index contributed by atoms with van der Waals surface area (Å²) >= 11 is 0. The van der Waals surface area contributed by atoms with Gasteiger partial charge in [-0.1, -0.05) is 85.3 Å². The quantitative estimate of drug-likeness (QED) is 0.323. The van der Waals surface area contributed by atoms with E-state index in [1.165, 1.54) is 11.1 Å². The predicted molar refractivity (Wildman–Crippen MR) is 157 cm³/mol. The van der Waals surface area contributed by atoms with E-state index < -0.39 is 6.10 Å². The summed E-state index contributed by atoms with van der Waals surface area (Å²) in [7, 11) is 0. The lowest BCUT2D eigenvalue weighted by molar-refractivity contribution is -0.133. The maximum atomic E-state index is 13.9. The van der Waals surface area contributed by atoms with Gasteiger partial charge in [0.1, 0.15) is 5.75 Å². The monoisotopic (exact) mass is 540 g/mol. The molecule has 0 radical (unpaired) electrons. The third-order valence-corrected chi connectivity index (χ3v) is 8.01. The maximum absolute atomic E-state index is 13.9. The Morgan fingerprint density at radius 2 is 1.65 bits per heavy atom. The summed E-state index contributed by atoms with van der Waals surface area (Å²) in [5.41, 5.74) is 9.20. The van der Waals surface area contributed by atoms with Crippen LogP contribution in [0.1, 0.15) is 48.3 Å². The van der Waals surface area contributed by atoms with Crippen molar-refractivity contribution < 1.29 is 14.3 Å². The number of nitrogens with one attached hydrogen (secondary N) is 2. The van der Waals surface area contributed by atoms with Crippen molar-refractivity contribution >= 4 is 11.8 Å². The van der Waals surface area contributed by atoms with Gasteiger partial charge in [0.15, 0.2) is 6.10 Å². The van der Waals surface area contributed by atoms with Gasteiger partial charge in [0.25, 0.3) is 5.91 Å². The minimum atomic E-state index is -0.515. The van der Waals surface area contributed by atoms with Crippen LogP contribution in [0.25, 0.3) is 0 Å². The Balaban J connectivity index is 1.27. The normalized spacial score (nSPS) is 20.6. The Kier molecular flexibility index (Phi) is 9.47. The Labute approximate surface area is 237 Å². The molecule has 2 aliphatic heterocycles. The minimum Gasteiger partial charge on any atom is -0.480 e. The summed E-state index contributed by atoms with van der Waals surface area (Å²) in [5, 5.41) is 6.67. The van der Waals surface area contributed by atoms with Crippen LogP contribution in [0.5, 0.6) is 5.75 Å². The lowest BCUT2D eigenvalue weighted by Crippen LogP contribution is -2.50. The first-order valence-electron chi connectivity index (χ1n) is 14.5. The van der Waals surface area contributed by atoms with Crippen LogP contribution in [0.3, 0.4) is 0 Å². The molecule has 2 amide bonds. The van der Waals surface area contributed by atoms with Gasteiger partial charge in [-0.15, -0.1) is 0 Å². The number of carbonyl (C=O) groups is 2. The summed E-state index contributed by atoms with van der Waals surface area (Å²) in [6, 6.07) is 28.3. The number of unbranched alkanes of at least 4 members (excludes halogenated alkanes) is 1. The highest BCUT2D eigenvalue weighted by molar-refractivity contribution is 5.83. The first-order chi connectivity index (χ1) is 19.6. The number of nitrogens with zero attached hydrogens (tertiary/aromatic N) is 1. The lowest BCUT2D eigenvalue weighted by Gasteiger charge is -2.29. The molecule has 7 heteroatoms. The van der Waals surface area contributed by atoms with Crippen LogP contribution in [0, 0.1) is 0 Å². The van der Waals surface area contributed by atoms with Crippen molar-refractivity contribution in [3.05, 3.63) is 102 Å². The van der Waals surface area contributed by atoms with Gasteiger partial charge in [0.2, 0.25) is 5.91 Å². The second-order valence-corrected chi connectivity index (χ2v) is 10.8. The molecule has 0 spiro atoms. The Morgan fingerprint density at radius 1 is 0.975 bits per heavy atom. The highest BCUT2D eigenvalue weighted by atomic mass is 16.5. The summed E-state index contributed by atoms with van der Waals surface area (Å²) in [6.45, 7) is 2.29. The fraction of sp³-hybridized carbons (Fsp3) is 0.394. The number of amides is 2. The standard InChI is InChI=1S/C33H40N4O3/c34-19-10-9-16-29-33(39)37(23-28(24-11-3-1-4-12-24)25-13-5-2-6-14-25)20-18-27(36-29)22-35-32(38)31-21-26-15-7-8-17-30(26)40-31/h1-8,11-15,17,27-29,31,36H,9-10,16,18-23,34H2,(H,35,38)/t27-,29-,31?/m0/s1. The Bertz CT molecular complexity index is 1190. The number of nitrogens with two attached hydrogens (primary N) is 1. The first kappa shape index (κ1) is 27.9. The van der Waals surface area contributed by atoms with Crippen molar-refractivity contribution in [3.63, 3.8) is 0 Å². The molecule has 1 saturated heterocycles. The fourth-order valence-corrected chi connectivity index (χ4v) is 5.78. The third-order valence-electron chi connectivity index (χ3n) is 8.01. The fourth-order valence-electron chi connectivity index (χ4n) is 5.78. The van der Waals surface area contributed by atoms with Gasteiger partial charge < -0.3 is 26.0 Å². The van der Waals surface area contributed by atoms with Gasteiger partial charge in [-0.2, -0.15) is 0 Å². The molecule has 4 N–H and O–H groups in total. The van der Waals surface area contributed by atoms with Gasteiger partial charge in [0.05, 0.1) is 6.04 Å². The number of carbonyl (C=O) groups excluding carboxylic acids is 2. The van der Waals surface area contributed by atoms with E-state index in [0.717, 1.165) is 37.0 Å². The van der Waals surface area contributed by atoms with E-state index in [1.807, 2.05) is 41.3 Å². The molecule has 40 heavy (non-hydrogen) atoms. The Morgan fingerprint density at radius 3 is 2.33 bits per heavy atom. The van der Waals surface area contributed by atoms with Crippen molar-refractivity contribution in [3.8, 4) is 5.75 Å². The van der Waals surface area contributed by atoms with E-state index in [1.54, 1.807) is 0 Å². The molecule has 2 aliphatic rings. The van der Waals surface area contributed by atoms with E-state index in [2.05, 4.69) is 59.2 Å². The number of hydrogen-bond acceptors (Lipinski definition) is 5. The second-order valence-electron chi connectivity index (χ2n) is 10.8. The smallest absolute Gasteiger partial charge is 0.261 e. The summed E-state index contributed by atoms with van der Waals surface area (Å²) in [5.74, 6) is 0.867. The number of para-hydroxylation sites is 1. The van der Waals surface area contributed by atoms with Crippen LogP contribution in [0.15, 0.2) is 84.9 Å². The van der Waals surface area contributed by atoms with E-state index >= 15 is 0 Å². The zero-order valence-corrected chi connectivity index (χ0v) is 23.0. The predicted octanol–water partition coefficient (Wildman–Crippen LogP) is 3.63. The zero-order valence-electron chi connectivity index (χ0n) is 23.0. The van der Waals surface area contributed by atoms with E-state index in [-0.39, 0.29) is 29.8 Å². The zero-order chi connectivity index (χ0) is 27.7. The van der Waals surface area contributed by atoms with E-state index in [0.29, 0.717) is 32.6 Å². The van der Waals surface area contributed by atoms with Crippen LogP contribution in [-0.4, -0.2) is 61.1 Å². The summed E-state index contributed by atoms with van der Waals surface area (Å²) in [6.07, 6.45) is 3.29. The van der Waals surface area contributed by atoms with Gasteiger partial charge in [0, 0.05) is 38.0 Å². The molecule has 0 aliphatic carbocycles. The average molecular weight is 541 g/mol. The molecule has 1 unspecified atom stereocenters. The van der Waals surface area contributed by atoms with Crippen LogP contribution in [-0.2, 0) is 16.0 Å². The van der Waals surface area contributed by atoms with Crippen molar-refractivity contribution in [2.24, 2.45) is 5.73 Å². The van der Waals surface area contributed by atoms with Crippen molar-refractivity contribution in [1.82, 2.24) is 15.5 Å². The van der Waals surface area contributed by atoms with Crippen LogP contribution < -0.4 is 21.1 Å². The molecule has 2 heterocycles. The van der Waals surface area contributed by atoms with E-state index in [4.69, 9.17) is 10.5 Å². The van der Waals surface area contributed by atoms with Crippen LogP contribution in [0.4, 0.5) is 0 Å². The molecule has 0 aromatic heterocycles. The molecule has 3 atom stereocenters. The van der Waals surface area contributed by atoms with Crippen molar-refractivity contribution in [2.75, 3.05) is 26.2 Å². The molecule has 5 rings (SSSR count). The SMILES string of the molecule is NCCCC[C@@H]1N[C@H](CNC(=O)C2Cc3ccccc3O2)CCN(CC(c2ccccc2)c2ccccc2)C1=O. The molecule has 0 saturated carbocycles. The number of fused-ring (bicyclic) bond motifs is 1.